The molecule has 4 heterocycles. The molecule has 11 heteroatoms. The number of amides is 2. The van der Waals surface area contributed by atoms with Crippen molar-refractivity contribution in [1.29, 1.82) is 5.26 Å². The van der Waals surface area contributed by atoms with Crippen LogP contribution in [-0.2, 0) is 26.1 Å². The van der Waals surface area contributed by atoms with Gasteiger partial charge in [0.1, 0.15) is 17.3 Å². The highest BCUT2D eigenvalue weighted by Crippen LogP contribution is 2.30. The number of hydrogen-bond acceptors (Lipinski definition) is 6. The minimum absolute atomic E-state index is 0.101. The molecule has 2 amide bonds. The van der Waals surface area contributed by atoms with Gasteiger partial charge in [0.15, 0.2) is 0 Å². The first-order chi connectivity index (χ1) is 17.4. The lowest BCUT2D eigenvalue weighted by Gasteiger charge is -2.34. The summed E-state index contributed by atoms with van der Waals surface area (Å²) in [4.78, 5) is 30.5. The Kier molecular flexibility index (Phi) is 5.23. The third-order valence-electron chi connectivity index (χ3n) is 6.91. The number of nitrogens with one attached hydrogen (secondary N) is 1. The lowest BCUT2D eigenvalue weighted by Crippen LogP contribution is -2.44. The molecule has 0 unspecified atom stereocenters. The van der Waals surface area contributed by atoms with Crippen molar-refractivity contribution in [2.24, 2.45) is 0 Å². The second kappa shape index (κ2) is 8.46. The molecule has 0 bridgehead atoms. The summed E-state index contributed by atoms with van der Waals surface area (Å²) in [6, 6.07) is 12.4. The first-order valence-electron chi connectivity index (χ1n) is 11.6. The van der Waals surface area contributed by atoms with Gasteiger partial charge in [0, 0.05) is 36.7 Å². The molecule has 36 heavy (non-hydrogen) atoms. The number of hydrogen-bond donors (Lipinski definition) is 1. The van der Waals surface area contributed by atoms with Crippen LogP contribution in [0.3, 0.4) is 0 Å². The summed E-state index contributed by atoms with van der Waals surface area (Å²) < 4.78 is 1.78. The van der Waals surface area contributed by atoms with Crippen molar-refractivity contribution in [1.82, 2.24) is 35.0 Å². The zero-order chi connectivity index (χ0) is 25.0. The highest BCUT2D eigenvalue weighted by atomic mass is 35.5. The number of carbonyl (C=O) groups excluding carboxylic acids is 2. The molecular formula is C25H21ClN8O2. The van der Waals surface area contributed by atoms with E-state index in [1.54, 1.807) is 26.6 Å². The molecule has 0 radical (unpaired) electrons. The smallest absolute Gasteiger partial charge is 0.272 e. The summed E-state index contributed by atoms with van der Waals surface area (Å²) in [5.74, 6) is -0.308. The fourth-order valence-corrected chi connectivity index (χ4v) is 5.16. The van der Waals surface area contributed by atoms with Gasteiger partial charge in [-0.2, -0.15) is 10.4 Å². The predicted octanol–water partition coefficient (Wildman–Crippen LogP) is 2.92. The van der Waals surface area contributed by atoms with Gasteiger partial charge in [-0.15, -0.1) is 5.10 Å². The van der Waals surface area contributed by atoms with E-state index in [0.29, 0.717) is 42.3 Å². The Hall–Kier alpha value is -4.23. The first kappa shape index (κ1) is 22.2. The average molecular weight is 501 g/mol. The number of H-pyrrole nitrogens is 1. The van der Waals surface area contributed by atoms with E-state index in [-0.39, 0.29) is 30.0 Å². The van der Waals surface area contributed by atoms with Gasteiger partial charge in [-0.25, -0.2) is 0 Å². The summed E-state index contributed by atoms with van der Waals surface area (Å²) in [6.45, 7) is 3.82. The Bertz CT molecular complexity index is 1580. The summed E-state index contributed by atoms with van der Waals surface area (Å²) >= 11 is 6.05. The SMILES string of the molecule is C[C@@H]1Cc2nn3c(c2CN1C(=O)c1ccc(Cl)c(C#N)c1)C(=O)N(Cc1ccc2[nH]nnc2c1)CC3. The molecule has 4 aromatic rings. The van der Waals surface area contributed by atoms with Crippen LogP contribution in [0, 0.1) is 11.3 Å². The number of rotatable bonds is 3. The summed E-state index contributed by atoms with van der Waals surface area (Å²) in [7, 11) is 0. The normalized spacial score (nSPS) is 17.1. The number of halogens is 1. The van der Waals surface area contributed by atoms with E-state index < -0.39 is 0 Å². The quantitative estimate of drug-likeness (QED) is 0.461. The third-order valence-corrected chi connectivity index (χ3v) is 7.24. The molecule has 2 aliphatic rings. The maximum absolute atomic E-state index is 13.6. The standard InChI is InChI=1S/C25H21ClN8O2/c1-14-8-21-18(13-33(14)24(35)16-3-4-19(26)17(10-16)11-27)23-25(36)32(6-7-34(23)30-21)12-15-2-5-20-22(9-15)29-31-28-20/h2-5,9-10,14H,6-8,12-13H2,1H3,(H,28,29,31)/t14-/m1/s1. The molecule has 1 atom stereocenters. The molecule has 0 saturated heterocycles. The highest BCUT2D eigenvalue weighted by Gasteiger charge is 2.37. The largest absolute Gasteiger partial charge is 0.331 e. The number of fused-ring (bicyclic) bond motifs is 4. The van der Waals surface area contributed by atoms with Crippen LogP contribution in [0.15, 0.2) is 36.4 Å². The molecule has 0 fully saturated rings. The number of benzene rings is 2. The molecule has 6 rings (SSSR count). The van der Waals surface area contributed by atoms with Gasteiger partial charge in [0.2, 0.25) is 0 Å². The number of aromatic nitrogens is 5. The van der Waals surface area contributed by atoms with Crippen molar-refractivity contribution in [3.63, 3.8) is 0 Å². The summed E-state index contributed by atoms with van der Waals surface area (Å²) in [5.41, 5.74) is 5.40. The van der Waals surface area contributed by atoms with Gasteiger partial charge in [0.25, 0.3) is 11.8 Å². The molecule has 0 saturated carbocycles. The minimum atomic E-state index is -0.206. The fourth-order valence-electron chi connectivity index (χ4n) is 5.00. The van der Waals surface area contributed by atoms with E-state index in [1.807, 2.05) is 31.2 Å². The molecule has 1 N–H and O–H groups in total. The van der Waals surface area contributed by atoms with Crippen molar-refractivity contribution in [2.75, 3.05) is 6.54 Å². The number of aromatic amines is 1. The molecule has 0 aliphatic carbocycles. The first-order valence-corrected chi connectivity index (χ1v) is 12.0. The molecule has 0 spiro atoms. The maximum atomic E-state index is 13.6. The predicted molar refractivity (Wildman–Crippen MR) is 130 cm³/mol. The number of carbonyl (C=O) groups is 2. The topological polar surface area (TPSA) is 124 Å². The van der Waals surface area contributed by atoms with Crippen molar-refractivity contribution in [2.45, 2.75) is 39.0 Å². The van der Waals surface area contributed by atoms with Crippen molar-refractivity contribution in [3.05, 3.63) is 75.1 Å². The summed E-state index contributed by atoms with van der Waals surface area (Å²) in [5, 5.41) is 25.0. The molecule has 2 aromatic carbocycles. The van der Waals surface area contributed by atoms with E-state index in [1.165, 1.54) is 6.07 Å². The van der Waals surface area contributed by atoms with Crippen LogP contribution in [0.25, 0.3) is 11.0 Å². The maximum Gasteiger partial charge on any atom is 0.272 e. The van der Waals surface area contributed by atoms with Crippen molar-refractivity contribution >= 4 is 34.4 Å². The second-order valence-corrected chi connectivity index (χ2v) is 9.59. The lowest BCUT2D eigenvalue weighted by atomic mass is 9.97. The second-order valence-electron chi connectivity index (χ2n) is 9.18. The van der Waals surface area contributed by atoms with E-state index in [0.717, 1.165) is 27.9 Å². The third kappa shape index (κ3) is 3.60. The van der Waals surface area contributed by atoms with Crippen LogP contribution in [0.2, 0.25) is 5.02 Å². The van der Waals surface area contributed by atoms with Gasteiger partial charge < -0.3 is 9.80 Å². The Morgan fingerprint density at radius 1 is 1.25 bits per heavy atom. The van der Waals surface area contributed by atoms with Crippen LogP contribution in [-0.4, -0.2) is 59.4 Å². The molecule has 2 aromatic heterocycles. The van der Waals surface area contributed by atoms with E-state index in [2.05, 4.69) is 15.4 Å². The van der Waals surface area contributed by atoms with Gasteiger partial charge in [-0.1, -0.05) is 22.9 Å². The van der Waals surface area contributed by atoms with Crippen LogP contribution >= 0.6 is 11.6 Å². The van der Waals surface area contributed by atoms with Crippen molar-refractivity contribution < 1.29 is 9.59 Å². The number of nitriles is 1. The van der Waals surface area contributed by atoms with Gasteiger partial charge in [-0.3, -0.25) is 19.4 Å². The molecular weight excluding hydrogens is 480 g/mol. The van der Waals surface area contributed by atoms with E-state index >= 15 is 0 Å². The zero-order valence-corrected chi connectivity index (χ0v) is 20.2. The van der Waals surface area contributed by atoms with E-state index in [9.17, 15) is 14.9 Å². The molecule has 180 valence electrons. The minimum Gasteiger partial charge on any atom is -0.331 e. The van der Waals surface area contributed by atoms with Crippen LogP contribution in [0.4, 0.5) is 0 Å². The zero-order valence-electron chi connectivity index (χ0n) is 19.4. The highest BCUT2D eigenvalue weighted by molar-refractivity contribution is 6.31. The molecule has 2 aliphatic heterocycles. The van der Waals surface area contributed by atoms with E-state index in [4.69, 9.17) is 16.7 Å². The summed E-state index contributed by atoms with van der Waals surface area (Å²) in [6.07, 6.45) is 0.551. The van der Waals surface area contributed by atoms with Crippen LogP contribution < -0.4 is 0 Å². The molecule has 10 nitrogen and oxygen atoms in total. The van der Waals surface area contributed by atoms with Crippen LogP contribution in [0.5, 0.6) is 0 Å². The Morgan fingerprint density at radius 2 is 2.11 bits per heavy atom. The Labute approximate surface area is 211 Å². The fraction of sp³-hybridized carbons (Fsp3) is 0.280. The van der Waals surface area contributed by atoms with Crippen LogP contribution in [0.1, 0.15) is 50.2 Å². The van der Waals surface area contributed by atoms with Gasteiger partial charge in [0.05, 0.1) is 34.9 Å². The Morgan fingerprint density at radius 3 is 2.94 bits per heavy atom. The van der Waals surface area contributed by atoms with Crippen molar-refractivity contribution in [3.8, 4) is 6.07 Å². The Balaban J connectivity index is 1.28. The average Bonchev–Trinajstić information content (AvgIpc) is 3.49. The lowest BCUT2D eigenvalue weighted by molar-refractivity contribution is 0.0637. The van der Waals surface area contributed by atoms with Gasteiger partial charge in [-0.05, 0) is 42.8 Å². The van der Waals surface area contributed by atoms with Gasteiger partial charge >= 0.3 is 0 Å². The monoisotopic (exact) mass is 500 g/mol. The number of nitrogens with zero attached hydrogens (tertiary/aromatic N) is 7.